The molecule has 28 heavy (non-hydrogen) atoms. The molecule has 1 radical (unpaired) electrons. The fourth-order valence-corrected chi connectivity index (χ4v) is 24.9. The first-order chi connectivity index (χ1) is 12.1. The Balaban J connectivity index is 0.00000105. The molecule has 8 heteroatoms. The summed E-state index contributed by atoms with van der Waals surface area (Å²) in [5, 5.41) is 0. The maximum atomic E-state index is 5.42. The van der Waals surface area contributed by atoms with Crippen LogP contribution in [0.25, 0.3) is 9.30 Å². The Morgan fingerprint density at radius 3 is 1.21 bits per heavy atom. The van der Waals surface area contributed by atoms with Crippen molar-refractivity contribution in [2.24, 2.45) is 0 Å². The fraction of sp³-hybridized carbons (Fsp3) is 0.950. The molecule has 2 aliphatic rings. The number of nitrogens with zero attached hydrogens (tertiary/aromatic N) is 2. The minimum absolute atomic E-state index is 0. The molecule has 0 aromatic rings. The Bertz CT molecular complexity index is 416. The van der Waals surface area contributed by atoms with E-state index < -0.39 is 32.9 Å². The van der Waals surface area contributed by atoms with Crippen LogP contribution in [0.4, 0.5) is 0 Å². The molecule has 0 aromatic carbocycles. The van der Waals surface area contributed by atoms with Crippen molar-refractivity contribution < 1.29 is 22.1 Å². The van der Waals surface area contributed by atoms with Gasteiger partial charge in [-0.15, -0.1) is 0 Å². The van der Waals surface area contributed by atoms with E-state index in [4.69, 9.17) is 14.0 Å². The van der Waals surface area contributed by atoms with Crippen molar-refractivity contribution >= 4 is 32.9 Å². The zero-order chi connectivity index (χ0) is 21.1. The van der Waals surface area contributed by atoms with Crippen LogP contribution < -0.4 is 0 Å². The van der Waals surface area contributed by atoms with Crippen LogP contribution in [-0.2, 0) is 22.1 Å². The molecule has 165 valence electrons. The van der Waals surface area contributed by atoms with Gasteiger partial charge in [-0.1, -0.05) is 111 Å². The second-order valence-corrected chi connectivity index (χ2v) is 30.1. The van der Waals surface area contributed by atoms with E-state index in [0.717, 1.165) is 24.3 Å². The number of hydrogen-bond acceptors (Lipinski definition) is 1. The smallest absolute Gasteiger partial charge is 0.669 e. The van der Waals surface area contributed by atoms with E-state index >= 15 is 0 Å². The van der Waals surface area contributed by atoms with Crippen molar-refractivity contribution in [3.63, 3.8) is 0 Å². The van der Waals surface area contributed by atoms with Gasteiger partial charge in [-0.05, 0) is 12.8 Å². The molecular weight excluding hydrogens is 449 g/mol. The summed E-state index contributed by atoms with van der Waals surface area (Å²) in [6.07, 6.45) is 5.31. The van der Waals surface area contributed by atoms with Gasteiger partial charge in [0.15, 0.2) is 0 Å². The zero-order valence-corrected chi connectivity index (χ0v) is 25.9. The summed E-state index contributed by atoms with van der Waals surface area (Å²) in [6, 6.07) is 0. The van der Waals surface area contributed by atoms with Crippen LogP contribution in [-0.4, -0.2) is 46.2 Å². The molecule has 1 aliphatic heterocycles. The van der Waals surface area contributed by atoms with E-state index in [1.807, 2.05) is 0 Å². The van der Waals surface area contributed by atoms with Crippen LogP contribution in [0.1, 0.15) is 32.6 Å². The van der Waals surface area contributed by atoms with Crippen molar-refractivity contribution in [1.82, 2.24) is 0 Å². The van der Waals surface area contributed by atoms with E-state index in [0.29, 0.717) is 0 Å². The second kappa shape index (κ2) is 11.2. The Labute approximate surface area is 192 Å². The molecule has 0 aromatic heterocycles. The van der Waals surface area contributed by atoms with E-state index in [2.05, 4.69) is 72.4 Å². The Hall–Kier alpha value is 1.28. The SMILES string of the molecule is C1CCOC1.C[C-]1C([Si](C)(C)[N-][Si](C)(C)C)CCC1[Si](C)(C)[N-][Si](C)(C)C.[Cr+3]. The normalized spacial score (nSPS) is 24.5. The molecule has 0 bridgehead atoms. The summed E-state index contributed by atoms with van der Waals surface area (Å²) in [7, 11) is -5.67. The van der Waals surface area contributed by atoms with Gasteiger partial charge < -0.3 is 20.0 Å². The molecule has 1 saturated carbocycles. The quantitative estimate of drug-likeness (QED) is 0.274. The molecule has 3 nitrogen and oxygen atoms in total. The average Bonchev–Trinajstić information content (AvgIpc) is 3.04. The van der Waals surface area contributed by atoms with Gasteiger partial charge in [0.25, 0.3) is 0 Å². The number of hydrogen-bond donors (Lipinski definition) is 0. The largest absolute Gasteiger partial charge is 3.00 e. The van der Waals surface area contributed by atoms with Gasteiger partial charge in [-0.25, -0.2) is 0 Å². The molecule has 1 saturated heterocycles. The van der Waals surface area contributed by atoms with Gasteiger partial charge in [-0.3, -0.25) is 0 Å². The van der Waals surface area contributed by atoms with Gasteiger partial charge in [0.2, 0.25) is 0 Å². The third-order valence-electron chi connectivity index (χ3n) is 5.62. The summed E-state index contributed by atoms with van der Waals surface area (Å²) >= 11 is 0. The molecule has 1 heterocycles. The minimum Gasteiger partial charge on any atom is -0.669 e. The minimum atomic E-state index is -1.51. The van der Waals surface area contributed by atoms with Gasteiger partial charge in [0.05, 0.1) is 0 Å². The standard InChI is InChI=1S/C16H39N2Si4.C4H8O.Cr/c1-14-15(21(8,9)17-19(2,3)4)12-13-16(14)22(10,11)18-20(5,6)7;1-2-4-5-3-1;/h15-16H,12-13H2,1-11H3;1-4H2;/q-3;;+3. The Morgan fingerprint density at radius 1 is 0.679 bits per heavy atom. The van der Waals surface area contributed by atoms with Crippen LogP contribution in [0, 0.1) is 5.92 Å². The molecule has 0 N–H and O–H groups in total. The predicted octanol–water partition coefficient (Wildman–Crippen LogP) is 7.74. The van der Waals surface area contributed by atoms with Crippen molar-refractivity contribution in [3.8, 4) is 0 Å². The van der Waals surface area contributed by atoms with Gasteiger partial charge in [-0.2, -0.15) is 18.0 Å². The maximum absolute atomic E-state index is 5.42. The number of ether oxygens (including phenoxy) is 1. The Morgan fingerprint density at radius 2 is 1.00 bits per heavy atom. The van der Waals surface area contributed by atoms with Gasteiger partial charge >= 0.3 is 17.4 Å². The van der Waals surface area contributed by atoms with Crippen LogP contribution in [0.15, 0.2) is 0 Å². The van der Waals surface area contributed by atoms with Gasteiger partial charge in [0, 0.05) is 13.2 Å². The molecule has 2 unspecified atom stereocenters. The van der Waals surface area contributed by atoms with Crippen molar-refractivity contribution in [1.29, 1.82) is 0 Å². The van der Waals surface area contributed by atoms with E-state index in [-0.39, 0.29) is 17.4 Å². The molecule has 0 amide bonds. The molecular formula is C20H47CrN2OSi4. The molecule has 2 atom stereocenters. The first-order valence-corrected chi connectivity index (χ1v) is 23.9. The predicted molar refractivity (Wildman–Crippen MR) is 134 cm³/mol. The average molecular weight is 496 g/mol. The van der Waals surface area contributed by atoms with Crippen LogP contribution in [0.5, 0.6) is 0 Å². The second-order valence-electron chi connectivity index (χ2n) is 11.6. The van der Waals surface area contributed by atoms with Crippen molar-refractivity contribution in [2.75, 3.05) is 13.2 Å². The van der Waals surface area contributed by atoms with Crippen molar-refractivity contribution in [3.05, 3.63) is 15.2 Å². The van der Waals surface area contributed by atoms with Crippen molar-refractivity contribution in [2.45, 2.75) is 109 Å². The molecule has 0 spiro atoms. The third-order valence-corrected chi connectivity index (χ3v) is 20.5. The van der Waals surface area contributed by atoms with Crippen LogP contribution in [0.3, 0.4) is 0 Å². The summed E-state index contributed by atoms with van der Waals surface area (Å²) < 4.78 is 15.8. The van der Waals surface area contributed by atoms with E-state index in [1.165, 1.54) is 25.7 Å². The number of rotatable bonds is 6. The first-order valence-electron chi connectivity index (χ1n) is 10.9. The van der Waals surface area contributed by atoms with E-state index in [1.54, 1.807) is 5.92 Å². The summed E-state index contributed by atoms with van der Waals surface area (Å²) in [5.41, 5.74) is 1.60. The fourth-order valence-electron chi connectivity index (χ4n) is 5.25. The van der Waals surface area contributed by atoms with Crippen LogP contribution >= 0.6 is 0 Å². The van der Waals surface area contributed by atoms with Gasteiger partial charge in [0.1, 0.15) is 0 Å². The van der Waals surface area contributed by atoms with Crippen LogP contribution in [0.2, 0.25) is 76.6 Å². The topological polar surface area (TPSA) is 37.4 Å². The van der Waals surface area contributed by atoms with E-state index in [9.17, 15) is 0 Å². The third kappa shape index (κ3) is 10.1. The summed E-state index contributed by atoms with van der Waals surface area (Å²) in [5.74, 6) is 1.78. The Kier molecular flexibility index (Phi) is 11.7. The first kappa shape index (κ1) is 29.3. The molecule has 2 rings (SSSR count). The summed E-state index contributed by atoms with van der Waals surface area (Å²) in [6.45, 7) is 28.8. The zero-order valence-electron chi connectivity index (χ0n) is 20.6. The maximum Gasteiger partial charge on any atom is 3.00 e. The molecule has 2 fully saturated rings. The molecule has 1 aliphatic carbocycles. The monoisotopic (exact) mass is 495 g/mol. The summed E-state index contributed by atoms with van der Waals surface area (Å²) in [4.78, 5) is 0.